The van der Waals surface area contributed by atoms with E-state index in [9.17, 15) is 10.1 Å². The summed E-state index contributed by atoms with van der Waals surface area (Å²) >= 11 is 5.89. The number of hydrogen-bond acceptors (Lipinski definition) is 4. The second kappa shape index (κ2) is 5.44. The highest BCUT2D eigenvalue weighted by atomic mass is 35.5. The van der Waals surface area contributed by atoms with Crippen LogP contribution in [0.15, 0.2) is 24.2 Å². The fourth-order valence-electron chi connectivity index (χ4n) is 1.97. The maximum absolute atomic E-state index is 11.0. The summed E-state index contributed by atoms with van der Waals surface area (Å²) < 4.78 is 11.6. The molecule has 1 aromatic carbocycles. The van der Waals surface area contributed by atoms with E-state index in [2.05, 4.69) is 0 Å². The van der Waals surface area contributed by atoms with E-state index in [1.165, 1.54) is 12.1 Å². The van der Waals surface area contributed by atoms with Crippen LogP contribution in [0.3, 0.4) is 0 Å². The lowest BCUT2D eigenvalue weighted by Crippen LogP contribution is -2.41. The van der Waals surface area contributed by atoms with Crippen LogP contribution in [0.1, 0.15) is 33.3 Å². The van der Waals surface area contributed by atoms with Crippen LogP contribution in [0.2, 0.25) is 5.02 Å². The van der Waals surface area contributed by atoms with E-state index in [0.717, 1.165) is 0 Å². The summed E-state index contributed by atoms with van der Waals surface area (Å²) in [7, 11) is -0.548. The summed E-state index contributed by atoms with van der Waals surface area (Å²) in [5.41, 5.74) is -0.473. The normalized spacial score (nSPS) is 20.1. The van der Waals surface area contributed by atoms with Gasteiger partial charge in [-0.25, -0.2) is 0 Å². The lowest BCUT2D eigenvalue weighted by Gasteiger charge is -2.32. The zero-order chi connectivity index (χ0) is 15.8. The van der Waals surface area contributed by atoms with Crippen LogP contribution in [0.5, 0.6) is 0 Å². The predicted molar refractivity (Wildman–Crippen MR) is 83.2 cm³/mol. The molecule has 112 valence electrons. The first kappa shape index (κ1) is 16.0. The standard InChI is InChI=1S/C14H17BClNO4/c1-13(2)14(3,4)21-15(20-13)8-7-10-9-11(16)5-6-12(10)17(18)19/h5-9H,1-4H3/b8-7+. The van der Waals surface area contributed by atoms with Crippen LogP contribution in [0, 0.1) is 10.1 Å². The van der Waals surface area contributed by atoms with Gasteiger partial charge in [-0.05, 0) is 39.8 Å². The summed E-state index contributed by atoms with van der Waals surface area (Å²) in [6.45, 7) is 7.79. The minimum absolute atomic E-state index is 0.00725. The molecule has 0 spiro atoms. The van der Waals surface area contributed by atoms with E-state index in [4.69, 9.17) is 20.9 Å². The fourth-order valence-corrected chi connectivity index (χ4v) is 2.16. The molecule has 0 amide bonds. The van der Waals surface area contributed by atoms with Crippen LogP contribution in [0.25, 0.3) is 6.08 Å². The Morgan fingerprint density at radius 3 is 2.33 bits per heavy atom. The minimum Gasteiger partial charge on any atom is -0.400 e. The molecule has 1 aliphatic rings. The van der Waals surface area contributed by atoms with Gasteiger partial charge in [-0.2, -0.15) is 0 Å². The second-order valence-electron chi connectivity index (χ2n) is 5.94. The minimum atomic E-state index is -0.548. The third-order valence-electron chi connectivity index (χ3n) is 3.89. The average molecular weight is 310 g/mol. The quantitative estimate of drug-likeness (QED) is 0.483. The topological polar surface area (TPSA) is 61.6 Å². The number of nitro benzene ring substituents is 1. The van der Waals surface area contributed by atoms with Crippen LogP contribution >= 0.6 is 11.6 Å². The van der Waals surface area contributed by atoms with Crippen molar-refractivity contribution in [2.24, 2.45) is 0 Å². The number of benzene rings is 1. The molecule has 1 aliphatic heterocycles. The van der Waals surface area contributed by atoms with Crippen molar-refractivity contribution < 1.29 is 14.2 Å². The van der Waals surface area contributed by atoms with Crippen molar-refractivity contribution in [2.75, 3.05) is 0 Å². The first-order chi connectivity index (χ1) is 9.62. The van der Waals surface area contributed by atoms with E-state index < -0.39 is 23.2 Å². The first-order valence-corrected chi connectivity index (χ1v) is 6.98. The predicted octanol–water partition coefficient (Wildman–Crippen LogP) is 3.89. The molecule has 1 heterocycles. The molecular weight excluding hydrogens is 292 g/mol. The van der Waals surface area contributed by atoms with Gasteiger partial charge in [0.1, 0.15) is 0 Å². The highest BCUT2D eigenvalue weighted by Gasteiger charge is 2.50. The second-order valence-corrected chi connectivity index (χ2v) is 6.38. The van der Waals surface area contributed by atoms with Gasteiger partial charge < -0.3 is 9.31 Å². The zero-order valence-electron chi connectivity index (χ0n) is 12.4. The smallest absolute Gasteiger partial charge is 0.400 e. The number of nitro groups is 1. The van der Waals surface area contributed by atoms with Crippen molar-refractivity contribution in [3.8, 4) is 0 Å². The van der Waals surface area contributed by atoms with Crippen molar-refractivity contribution in [3.05, 3.63) is 44.9 Å². The van der Waals surface area contributed by atoms with Gasteiger partial charge in [-0.15, -0.1) is 0 Å². The average Bonchev–Trinajstić information content (AvgIpc) is 2.55. The fraction of sp³-hybridized carbons (Fsp3) is 0.429. The largest absolute Gasteiger partial charge is 0.487 e. The summed E-state index contributed by atoms with van der Waals surface area (Å²) in [4.78, 5) is 10.6. The Morgan fingerprint density at radius 1 is 1.24 bits per heavy atom. The van der Waals surface area contributed by atoms with Gasteiger partial charge in [0.05, 0.1) is 21.7 Å². The van der Waals surface area contributed by atoms with Crippen LogP contribution < -0.4 is 0 Å². The van der Waals surface area contributed by atoms with Crippen LogP contribution in [0.4, 0.5) is 5.69 Å². The maximum Gasteiger partial charge on any atom is 0.487 e. The van der Waals surface area contributed by atoms with E-state index in [-0.39, 0.29) is 5.69 Å². The Hall–Kier alpha value is -1.37. The van der Waals surface area contributed by atoms with E-state index in [0.29, 0.717) is 10.6 Å². The van der Waals surface area contributed by atoms with Crippen molar-refractivity contribution in [2.45, 2.75) is 38.9 Å². The monoisotopic (exact) mass is 309 g/mol. The van der Waals surface area contributed by atoms with Gasteiger partial charge in [0.2, 0.25) is 0 Å². The SMILES string of the molecule is CC1(C)OB(/C=C/c2cc(Cl)ccc2[N+](=O)[O-])OC1(C)C. The van der Waals surface area contributed by atoms with Crippen molar-refractivity contribution >= 4 is 30.5 Å². The third kappa shape index (κ3) is 3.28. The Morgan fingerprint density at radius 2 is 1.81 bits per heavy atom. The first-order valence-electron chi connectivity index (χ1n) is 6.60. The molecule has 1 saturated heterocycles. The van der Waals surface area contributed by atoms with Crippen molar-refractivity contribution in [1.29, 1.82) is 0 Å². The Labute approximate surface area is 129 Å². The molecule has 2 rings (SSSR count). The zero-order valence-corrected chi connectivity index (χ0v) is 13.2. The molecule has 5 nitrogen and oxygen atoms in total. The van der Waals surface area contributed by atoms with Gasteiger partial charge in [-0.1, -0.05) is 23.7 Å². The van der Waals surface area contributed by atoms with Crippen LogP contribution in [-0.4, -0.2) is 23.2 Å². The number of halogens is 1. The summed E-state index contributed by atoms with van der Waals surface area (Å²) in [6.07, 6.45) is 1.60. The number of rotatable bonds is 3. The highest BCUT2D eigenvalue weighted by Crippen LogP contribution is 2.37. The maximum atomic E-state index is 11.0. The lowest BCUT2D eigenvalue weighted by molar-refractivity contribution is -0.385. The number of nitrogens with zero attached hydrogens (tertiary/aromatic N) is 1. The Bertz CT molecular complexity index is 585. The molecule has 0 saturated carbocycles. The molecule has 0 unspecified atom stereocenters. The van der Waals surface area contributed by atoms with Gasteiger partial charge in [0.15, 0.2) is 0 Å². The molecule has 1 aromatic rings. The van der Waals surface area contributed by atoms with Gasteiger partial charge in [-0.3, -0.25) is 10.1 Å². The van der Waals surface area contributed by atoms with E-state index in [1.807, 2.05) is 27.7 Å². The summed E-state index contributed by atoms with van der Waals surface area (Å²) in [6, 6.07) is 4.42. The molecule has 0 aliphatic carbocycles. The van der Waals surface area contributed by atoms with Gasteiger partial charge in [0.25, 0.3) is 5.69 Å². The van der Waals surface area contributed by atoms with E-state index in [1.54, 1.807) is 18.1 Å². The van der Waals surface area contributed by atoms with Gasteiger partial charge >= 0.3 is 7.12 Å². The lowest BCUT2D eigenvalue weighted by atomic mass is 9.89. The Balaban J connectivity index is 2.24. The highest BCUT2D eigenvalue weighted by molar-refractivity contribution is 6.52. The molecule has 21 heavy (non-hydrogen) atoms. The molecule has 0 radical (unpaired) electrons. The molecule has 7 heteroatoms. The number of hydrogen-bond donors (Lipinski definition) is 0. The van der Waals surface area contributed by atoms with Crippen LogP contribution in [-0.2, 0) is 9.31 Å². The molecule has 0 aromatic heterocycles. The molecule has 0 atom stereocenters. The van der Waals surface area contributed by atoms with Crippen molar-refractivity contribution in [1.82, 2.24) is 0 Å². The third-order valence-corrected chi connectivity index (χ3v) is 4.13. The molecule has 1 fully saturated rings. The summed E-state index contributed by atoms with van der Waals surface area (Å²) in [5.74, 6) is 1.66. The molecule has 0 N–H and O–H groups in total. The van der Waals surface area contributed by atoms with E-state index >= 15 is 0 Å². The van der Waals surface area contributed by atoms with Gasteiger partial charge in [0, 0.05) is 11.1 Å². The molecular formula is C14H17BClNO4. The molecule has 0 bridgehead atoms. The van der Waals surface area contributed by atoms with Crippen molar-refractivity contribution in [3.63, 3.8) is 0 Å². The summed E-state index contributed by atoms with van der Waals surface area (Å²) in [5, 5.41) is 11.4. The Kier molecular flexibility index (Phi) is 4.15.